The molecule has 0 bridgehead atoms. The van der Waals surface area contributed by atoms with E-state index >= 15 is 0 Å². The maximum absolute atomic E-state index is 13.2. The molecule has 2 aromatic rings. The van der Waals surface area contributed by atoms with Crippen LogP contribution in [0.1, 0.15) is 24.0 Å². The second-order valence-electron chi connectivity index (χ2n) is 7.55. The Morgan fingerprint density at radius 3 is 2.58 bits per heavy atom. The summed E-state index contributed by atoms with van der Waals surface area (Å²) in [5.41, 5.74) is 5.20. The van der Waals surface area contributed by atoms with Gasteiger partial charge < -0.3 is 15.2 Å². The first-order valence-corrected chi connectivity index (χ1v) is 9.88. The molecule has 1 atom stereocenters. The van der Waals surface area contributed by atoms with Gasteiger partial charge in [-0.05, 0) is 35.4 Å². The normalized spacial score (nSPS) is 22.1. The fraction of sp³-hybridized carbons (Fsp3) is 0.364. The summed E-state index contributed by atoms with van der Waals surface area (Å²) in [6.07, 6.45) is -3.55. The van der Waals surface area contributed by atoms with Crippen LogP contribution in [-0.2, 0) is 21.2 Å². The van der Waals surface area contributed by atoms with Crippen LogP contribution in [0.3, 0.4) is 0 Å². The van der Waals surface area contributed by atoms with Crippen molar-refractivity contribution in [2.24, 2.45) is 10.7 Å². The van der Waals surface area contributed by atoms with Gasteiger partial charge in [-0.15, -0.1) is 0 Å². The average molecular weight is 433 g/mol. The van der Waals surface area contributed by atoms with Crippen LogP contribution in [0.25, 0.3) is 11.1 Å². The highest BCUT2D eigenvalue weighted by atomic mass is 19.4. The first kappa shape index (κ1) is 21.2. The van der Waals surface area contributed by atoms with Crippen LogP contribution in [0.5, 0.6) is 5.75 Å². The summed E-state index contributed by atoms with van der Waals surface area (Å²) in [5.74, 6) is 0.190. The Morgan fingerprint density at radius 2 is 1.87 bits per heavy atom. The summed E-state index contributed by atoms with van der Waals surface area (Å²) in [6.45, 7) is 1.13. The summed E-state index contributed by atoms with van der Waals surface area (Å²) >= 11 is 0. The minimum atomic E-state index is -4.46. The van der Waals surface area contributed by atoms with Crippen LogP contribution in [-0.4, -0.2) is 43.6 Å². The average Bonchev–Trinajstić information content (AvgIpc) is 2.97. The van der Waals surface area contributed by atoms with Crippen molar-refractivity contribution in [1.82, 2.24) is 4.90 Å². The first-order chi connectivity index (χ1) is 14.7. The van der Waals surface area contributed by atoms with E-state index in [2.05, 4.69) is 4.99 Å². The van der Waals surface area contributed by atoms with Crippen molar-refractivity contribution in [3.8, 4) is 16.9 Å². The Hall–Kier alpha value is -3.07. The molecule has 0 saturated carbocycles. The van der Waals surface area contributed by atoms with E-state index < -0.39 is 17.3 Å². The number of carbonyl (C=O) groups excluding carboxylic acids is 1. The number of nitrogens with zero attached hydrogens (tertiary/aromatic N) is 2. The number of aliphatic imine (C=N–C) groups is 1. The Kier molecular flexibility index (Phi) is 5.38. The van der Waals surface area contributed by atoms with Crippen LogP contribution in [0.4, 0.5) is 13.2 Å². The molecule has 4 rings (SSSR count). The summed E-state index contributed by atoms with van der Waals surface area (Å²) in [5, 5.41) is 0. The predicted molar refractivity (Wildman–Crippen MR) is 108 cm³/mol. The van der Waals surface area contributed by atoms with E-state index in [1.807, 2.05) is 0 Å². The lowest BCUT2D eigenvalue weighted by Crippen LogP contribution is -2.41. The van der Waals surface area contributed by atoms with Gasteiger partial charge in [0.2, 0.25) is 0 Å². The summed E-state index contributed by atoms with van der Waals surface area (Å²) in [7, 11) is 1.53. The second-order valence-corrected chi connectivity index (χ2v) is 7.55. The van der Waals surface area contributed by atoms with Gasteiger partial charge in [0.1, 0.15) is 5.75 Å². The molecule has 2 N–H and O–H groups in total. The van der Waals surface area contributed by atoms with Crippen molar-refractivity contribution in [2.75, 3.05) is 26.9 Å². The summed E-state index contributed by atoms with van der Waals surface area (Å²) in [6, 6.07) is 10.1. The van der Waals surface area contributed by atoms with Crippen molar-refractivity contribution in [1.29, 1.82) is 0 Å². The molecule has 0 aromatic heterocycles. The molecule has 0 aliphatic carbocycles. The summed E-state index contributed by atoms with van der Waals surface area (Å²) < 4.78 is 51.1. The van der Waals surface area contributed by atoms with Crippen LogP contribution in [0, 0.1) is 0 Å². The molecule has 0 radical (unpaired) electrons. The number of alkyl halides is 3. The van der Waals surface area contributed by atoms with E-state index in [4.69, 9.17) is 15.2 Å². The molecule has 164 valence electrons. The molecular weight excluding hydrogens is 411 g/mol. The molecule has 2 aromatic carbocycles. The zero-order chi connectivity index (χ0) is 22.2. The van der Waals surface area contributed by atoms with E-state index in [1.54, 1.807) is 24.3 Å². The van der Waals surface area contributed by atoms with Gasteiger partial charge in [0.05, 0.1) is 12.2 Å². The van der Waals surface area contributed by atoms with Gasteiger partial charge in [0.25, 0.3) is 5.91 Å². The number of nitrogens with two attached hydrogens (primary N) is 1. The minimum Gasteiger partial charge on any atom is -0.493 e. The van der Waals surface area contributed by atoms with Gasteiger partial charge in [0, 0.05) is 38.7 Å². The third kappa shape index (κ3) is 3.85. The molecule has 31 heavy (non-hydrogen) atoms. The van der Waals surface area contributed by atoms with Gasteiger partial charge >= 0.3 is 6.18 Å². The summed E-state index contributed by atoms with van der Waals surface area (Å²) in [4.78, 5) is 19.0. The maximum Gasteiger partial charge on any atom is 0.416 e. The van der Waals surface area contributed by atoms with E-state index in [9.17, 15) is 18.0 Å². The Labute approximate surface area is 177 Å². The lowest BCUT2D eigenvalue weighted by atomic mass is 9.84. The van der Waals surface area contributed by atoms with Crippen LogP contribution < -0.4 is 10.5 Å². The number of hydrogen-bond donors (Lipinski definition) is 1. The number of ether oxygens (including phenoxy) is 2. The third-order valence-corrected chi connectivity index (χ3v) is 5.55. The highest BCUT2D eigenvalue weighted by Gasteiger charge is 2.49. The number of halogens is 3. The largest absolute Gasteiger partial charge is 0.493 e. The number of fused-ring (bicyclic) bond motifs is 2. The lowest BCUT2D eigenvalue weighted by Gasteiger charge is -2.29. The highest BCUT2D eigenvalue weighted by Crippen LogP contribution is 2.43. The standard InChI is InChI=1S/C22H22F3N3O3/c1-28-19(29)21(27-20(28)26)8-11-30-9-3-10-31-18-7-6-15(13-17(18)21)14-4-2-5-16(12-14)22(23,24)25/h2,4-7,12-13H,3,8-11H2,1H3,(H2,26,27)/t21-/m0/s1. The number of carbonyl (C=O) groups is 1. The monoisotopic (exact) mass is 433 g/mol. The molecule has 2 heterocycles. The molecular formula is C22H22F3N3O3. The quantitative estimate of drug-likeness (QED) is 0.746. The van der Waals surface area contributed by atoms with Gasteiger partial charge in [-0.1, -0.05) is 18.2 Å². The topological polar surface area (TPSA) is 77.2 Å². The smallest absolute Gasteiger partial charge is 0.416 e. The molecule has 6 nitrogen and oxygen atoms in total. The molecule has 0 fully saturated rings. The van der Waals surface area contributed by atoms with Gasteiger partial charge in [-0.25, -0.2) is 4.99 Å². The van der Waals surface area contributed by atoms with Crippen LogP contribution >= 0.6 is 0 Å². The maximum atomic E-state index is 13.2. The Morgan fingerprint density at radius 1 is 1.10 bits per heavy atom. The molecule has 0 unspecified atom stereocenters. The molecule has 2 aliphatic rings. The van der Waals surface area contributed by atoms with Crippen molar-refractivity contribution < 1.29 is 27.4 Å². The number of likely N-dealkylation sites (N-methyl/N-ethyl adjacent to an activating group) is 1. The van der Waals surface area contributed by atoms with E-state index in [0.717, 1.165) is 12.1 Å². The van der Waals surface area contributed by atoms with Crippen LogP contribution in [0.15, 0.2) is 47.5 Å². The van der Waals surface area contributed by atoms with Gasteiger partial charge in [0.15, 0.2) is 11.5 Å². The Balaban J connectivity index is 1.88. The zero-order valence-corrected chi connectivity index (χ0v) is 16.9. The van der Waals surface area contributed by atoms with Crippen LogP contribution in [0.2, 0.25) is 0 Å². The van der Waals surface area contributed by atoms with E-state index in [0.29, 0.717) is 42.1 Å². The molecule has 1 amide bonds. The Bertz CT molecular complexity index is 1040. The van der Waals surface area contributed by atoms with E-state index in [1.165, 1.54) is 18.0 Å². The fourth-order valence-corrected chi connectivity index (χ4v) is 3.87. The lowest BCUT2D eigenvalue weighted by molar-refractivity contribution is -0.137. The van der Waals surface area contributed by atoms with Crippen molar-refractivity contribution >= 4 is 11.9 Å². The van der Waals surface area contributed by atoms with Gasteiger partial charge in [-0.3, -0.25) is 9.69 Å². The fourth-order valence-electron chi connectivity index (χ4n) is 3.87. The predicted octanol–water partition coefficient (Wildman–Crippen LogP) is 3.54. The van der Waals surface area contributed by atoms with Crippen molar-refractivity contribution in [2.45, 2.75) is 24.6 Å². The first-order valence-electron chi connectivity index (χ1n) is 9.88. The molecule has 9 heteroatoms. The number of amides is 1. The number of benzene rings is 2. The third-order valence-electron chi connectivity index (χ3n) is 5.55. The molecule has 0 saturated heterocycles. The van der Waals surface area contributed by atoms with E-state index in [-0.39, 0.29) is 24.9 Å². The highest BCUT2D eigenvalue weighted by molar-refractivity contribution is 6.07. The minimum absolute atomic E-state index is 0.0671. The molecule has 1 spiro atoms. The zero-order valence-electron chi connectivity index (χ0n) is 16.9. The van der Waals surface area contributed by atoms with Crippen molar-refractivity contribution in [3.05, 3.63) is 53.6 Å². The van der Waals surface area contributed by atoms with Crippen molar-refractivity contribution in [3.63, 3.8) is 0 Å². The molecule has 2 aliphatic heterocycles. The second kappa shape index (κ2) is 7.88. The van der Waals surface area contributed by atoms with Gasteiger partial charge in [-0.2, -0.15) is 13.2 Å². The number of hydrogen-bond acceptors (Lipinski definition) is 5. The SMILES string of the molecule is CN1C(=O)[C@@]2(CCOCCCOc3ccc(-c4cccc(C(F)(F)F)c4)cc32)N=C1N. The number of guanidine groups is 1. The number of rotatable bonds is 1.